The molecule has 23 heavy (non-hydrogen) atoms. The Labute approximate surface area is 153 Å². The lowest BCUT2D eigenvalue weighted by molar-refractivity contribution is -0.127. The van der Waals surface area contributed by atoms with Crippen LogP contribution < -0.4 is 10.6 Å². The number of carbonyl (C=O) groups excluding carboxylic acids is 1. The molecule has 1 spiro atoms. The highest BCUT2D eigenvalue weighted by Crippen LogP contribution is 2.68. The molecule has 0 aromatic heterocycles. The van der Waals surface area contributed by atoms with E-state index in [9.17, 15) is 4.79 Å². The van der Waals surface area contributed by atoms with Crippen molar-refractivity contribution < 1.29 is 4.79 Å². The van der Waals surface area contributed by atoms with Crippen molar-refractivity contribution in [1.82, 2.24) is 10.6 Å². The van der Waals surface area contributed by atoms with Crippen molar-refractivity contribution in [1.29, 1.82) is 0 Å². The predicted octanol–water partition coefficient (Wildman–Crippen LogP) is 3.85. The third kappa shape index (κ3) is 3.63. The lowest BCUT2D eigenvalue weighted by Crippen LogP contribution is -2.39. The first-order valence-electron chi connectivity index (χ1n) is 7.90. The van der Waals surface area contributed by atoms with Gasteiger partial charge in [-0.05, 0) is 61.9 Å². The van der Waals surface area contributed by atoms with Crippen LogP contribution in [0.3, 0.4) is 0 Å². The fraction of sp³-hybridized carbons (Fsp3) is 0.588. The molecule has 0 bridgehead atoms. The van der Waals surface area contributed by atoms with Crippen LogP contribution in [-0.2, 0) is 11.2 Å². The highest BCUT2D eigenvalue weighted by molar-refractivity contribution is 6.35. The van der Waals surface area contributed by atoms with Gasteiger partial charge in [0.15, 0.2) is 0 Å². The third-order valence-electron chi connectivity index (χ3n) is 5.49. The highest BCUT2D eigenvalue weighted by Gasteiger charge is 2.67. The fourth-order valence-corrected chi connectivity index (χ4v) is 4.32. The van der Waals surface area contributed by atoms with Crippen molar-refractivity contribution in [2.75, 3.05) is 19.6 Å². The molecule has 0 radical (unpaired) electrons. The zero-order valence-corrected chi connectivity index (χ0v) is 15.6. The summed E-state index contributed by atoms with van der Waals surface area (Å²) >= 11 is 12.1. The van der Waals surface area contributed by atoms with Crippen LogP contribution in [0.15, 0.2) is 18.2 Å². The molecule has 1 amide bonds. The molecule has 1 aromatic carbocycles. The molecule has 2 aliphatic rings. The minimum Gasteiger partial charge on any atom is -0.355 e. The third-order valence-corrected chi connectivity index (χ3v) is 6.08. The molecule has 128 valence electrons. The van der Waals surface area contributed by atoms with Gasteiger partial charge in [0.2, 0.25) is 5.91 Å². The Morgan fingerprint density at radius 3 is 2.65 bits per heavy atom. The van der Waals surface area contributed by atoms with Crippen LogP contribution in [0, 0.1) is 10.8 Å². The van der Waals surface area contributed by atoms with Gasteiger partial charge in [0.25, 0.3) is 0 Å². The first-order chi connectivity index (χ1) is 10.5. The quantitative estimate of drug-likeness (QED) is 0.836. The van der Waals surface area contributed by atoms with Gasteiger partial charge >= 0.3 is 0 Å². The number of hydrogen-bond donors (Lipinski definition) is 2. The van der Waals surface area contributed by atoms with Crippen molar-refractivity contribution in [2.45, 2.75) is 32.6 Å². The Bertz CT molecular complexity index is 587. The molecule has 3 nitrogen and oxygen atoms in total. The number of amides is 1. The summed E-state index contributed by atoms with van der Waals surface area (Å²) in [6.07, 6.45) is 3.97. The standard InChI is InChI=1S/C17H22Cl2N2O.ClH/c1-16(11-17(16)5-8-20-9-6-17)15(22)21-7-4-12-2-3-13(18)10-14(12)19;/h2-3,10,20H,4-9,11H2,1H3,(H,21,22);1H. The van der Waals surface area contributed by atoms with E-state index in [4.69, 9.17) is 23.2 Å². The second kappa shape index (κ2) is 7.18. The summed E-state index contributed by atoms with van der Waals surface area (Å²) in [5.74, 6) is 0.194. The normalized spacial score (nSPS) is 24.8. The summed E-state index contributed by atoms with van der Waals surface area (Å²) in [4.78, 5) is 12.5. The first kappa shape index (κ1) is 18.9. The summed E-state index contributed by atoms with van der Waals surface area (Å²) in [7, 11) is 0. The van der Waals surface area contributed by atoms with E-state index in [1.165, 1.54) is 0 Å². The van der Waals surface area contributed by atoms with Crippen LogP contribution in [0.4, 0.5) is 0 Å². The minimum atomic E-state index is -0.182. The Morgan fingerprint density at radius 2 is 2.00 bits per heavy atom. The second-order valence-electron chi connectivity index (χ2n) is 6.78. The topological polar surface area (TPSA) is 41.1 Å². The largest absolute Gasteiger partial charge is 0.355 e. The van der Waals surface area contributed by atoms with Crippen molar-refractivity contribution in [2.24, 2.45) is 10.8 Å². The van der Waals surface area contributed by atoms with Gasteiger partial charge in [-0.3, -0.25) is 4.79 Å². The molecule has 2 N–H and O–H groups in total. The molecule has 1 unspecified atom stereocenters. The molecule has 3 rings (SSSR count). The van der Waals surface area contributed by atoms with Crippen LogP contribution in [0.5, 0.6) is 0 Å². The number of hydrogen-bond acceptors (Lipinski definition) is 2. The van der Waals surface area contributed by atoms with Crippen molar-refractivity contribution in [3.8, 4) is 0 Å². The lowest BCUT2D eigenvalue weighted by atomic mass is 9.85. The SMILES string of the molecule is CC1(C(=O)NCCc2ccc(Cl)cc2Cl)CC12CCNCC2.Cl. The molecule has 1 aliphatic carbocycles. The minimum absolute atomic E-state index is 0. The maximum absolute atomic E-state index is 12.5. The van der Waals surface area contributed by atoms with Crippen LogP contribution in [0.1, 0.15) is 31.7 Å². The zero-order valence-electron chi connectivity index (χ0n) is 13.3. The number of benzene rings is 1. The molecule has 1 aliphatic heterocycles. The van der Waals surface area contributed by atoms with E-state index in [1.807, 2.05) is 12.1 Å². The van der Waals surface area contributed by atoms with Gasteiger partial charge in [-0.1, -0.05) is 36.2 Å². The molecule has 1 aromatic rings. The average Bonchev–Trinajstić information content (AvgIpc) is 3.06. The molecule has 1 atom stereocenters. The average molecular weight is 378 g/mol. The molecule has 1 saturated carbocycles. The zero-order chi connectivity index (χ0) is 15.8. The molecular formula is C17H23Cl3N2O. The highest BCUT2D eigenvalue weighted by atomic mass is 35.5. The summed E-state index contributed by atoms with van der Waals surface area (Å²) < 4.78 is 0. The fourth-order valence-electron chi connectivity index (χ4n) is 3.82. The maximum Gasteiger partial charge on any atom is 0.226 e. The number of halogens is 3. The number of rotatable bonds is 4. The van der Waals surface area contributed by atoms with Crippen LogP contribution in [0.25, 0.3) is 0 Å². The summed E-state index contributed by atoms with van der Waals surface area (Å²) in [6, 6.07) is 5.49. The number of piperidine rings is 1. The van der Waals surface area contributed by atoms with Gasteiger partial charge < -0.3 is 10.6 Å². The van der Waals surface area contributed by atoms with Gasteiger partial charge in [0.1, 0.15) is 0 Å². The van der Waals surface area contributed by atoms with Crippen molar-refractivity contribution in [3.63, 3.8) is 0 Å². The lowest BCUT2D eigenvalue weighted by Gasteiger charge is -2.27. The monoisotopic (exact) mass is 376 g/mol. The summed E-state index contributed by atoms with van der Waals surface area (Å²) in [5, 5.41) is 7.77. The molecular weight excluding hydrogens is 355 g/mol. The molecule has 1 heterocycles. The smallest absolute Gasteiger partial charge is 0.226 e. The maximum atomic E-state index is 12.5. The van der Waals surface area contributed by atoms with Crippen LogP contribution >= 0.6 is 35.6 Å². The Kier molecular flexibility index (Phi) is 5.89. The van der Waals surface area contributed by atoms with E-state index in [-0.39, 0.29) is 29.1 Å². The van der Waals surface area contributed by atoms with Gasteiger partial charge in [0.05, 0.1) is 5.41 Å². The van der Waals surface area contributed by atoms with Crippen molar-refractivity contribution >= 4 is 41.5 Å². The summed E-state index contributed by atoms with van der Waals surface area (Å²) in [5.41, 5.74) is 1.07. The van der Waals surface area contributed by atoms with Gasteiger partial charge in [-0.25, -0.2) is 0 Å². The van der Waals surface area contributed by atoms with Gasteiger partial charge in [0, 0.05) is 16.6 Å². The predicted molar refractivity (Wildman–Crippen MR) is 97.7 cm³/mol. The second-order valence-corrected chi connectivity index (χ2v) is 7.62. The van der Waals surface area contributed by atoms with E-state index in [2.05, 4.69) is 17.6 Å². The van der Waals surface area contributed by atoms with Crippen LogP contribution in [0.2, 0.25) is 10.0 Å². The van der Waals surface area contributed by atoms with Crippen molar-refractivity contribution in [3.05, 3.63) is 33.8 Å². The van der Waals surface area contributed by atoms with Gasteiger partial charge in [-0.2, -0.15) is 0 Å². The number of nitrogens with one attached hydrogen (secondary N) is 2. The van der Waals surface area contributed by atoms with Crippen LogP contribution in [-0.4, -0.2) is 25.5 Å². The first-order valence-corrected chi connectivity index (χ1v) is 8.65. The molecule has 1 saturated heterocycles. The van der Waals surface area contributed by atoms with Gasteiger partial charge in [-0.15, -0.1) is 12.4 Å². The van der Waals surface area contributed by atoms with E-state index >= 15 is 0 Å². The van der Waals surface area contributed by atoms with E-state index in [0.717, 1.165) is 44.3 Å². The van der Waals surface area contributed by atoms with E-state index < -0.39 is 0 Å². The van der Waals surface area contributed by atoms with E-state index in [0.29, 0.717) is 16.6 Å². The van der Waals surface area contributed by atoms with E-state index in [1.54, 1.807) is 6.07 Å². The Hall–Kier alpha value is -0.480. The summed E-state index contributed by atoms with van der Waals surface area (Å²) in [6.45, 7) is 4.79. The number of carbonyl (C=O) groups is 1. The Balaban J connectivity index is 0.00000192. The molecule has 6 heteroatoms. The molecule has 2 fully saturated rings. The Morgan fingerprint density at radius 1 is 1.30 bits per heavy atom.